The third kappa shape index (κ3) is 5.67. The van der Waals surface area contributed by atoms with Gasteiger partial charge in [-0.05, 0) is 37.9 Å². The van der Waals surface area contributed by atoms with Crippen LogP contribution in [0.4, 0.5) is 13.2 Å². The number of rotatable bonds is 5. The Morgan fingerprint density at radius 2 is 2.00 bits per heavy atom. The van der Waals surface area contributed by atoms with E-state index >= 15 is 0 Å². The first-order valence-corrected chi connectivity index (χ1v) is 7.96. The second-order valence-electron chi connectivity index (χ2n) is 6.11. The van der Waals surface area contributed by atoms with Crippen LogP contribution in [-0.2, 0) is 4.79 Å². The predicted molar refractivity (Wildman–Crippen MR) is 90.3 cm³/mol. The summed E-state index contributed by atoms with van der Waals surface area (Å²) in [7, 11) is 1.84. The van der Waals surface area contributed by atoms with Gasteiger partial charge in [-0.1, -0.05) is 30.3 Å². The zero-order valence-electron chi connectivity index (χ0n) is 13.7. The number of carbonyl (C=O) groups is 1. The van der Waals surface area contributed by atoms with E-state index in [1.807, 2.05) is 7.05 Å². The van der Waals surface area contributed by atoms with Gasteiger partial charge in [-0.15, -0.1) is 12.4 Å². The van der Waals surface area contributed by atoms with Gasteiger partial charge in [0.05, 0.1) is 5.92 Å². The second-order valence-corrected chi connectivity index (χ2v) is 6.11. The molecule has 1 aliphatic rings. The first kappa shape index (κ1) is 20.8. The Balaban J connectivity index is 0.00000288. The molecule has 1 heterocycles. The molecule has 3 nitrogen and oxygen atoms in total. The van der Waals surface area contributed by atoms with Gasteiger partial charge in [0.15, 0.2) is 0 Å². The van der Waals surface area contributed by atoms with E-state index in [1.54, 1.807) is 23.1 Å². The highest BCUT2D eigenvalue weighted by molar-refractivity contribution is 5.85. The largest absolute Gasteiger partial charge is 0.396 e. The SMILES string of the molecule is CNCC1CCCN(C(=O)CC(c2ccccc2)C(F)(F)F)C1.Cl. The number of alkyl halides is 3. The van der Waals surface area contributed by atoms with Gasteiger partial charge in [-0.25, -0.2) is 0 Å². The van der Waals surface area contributed by atoms with Crippen LogP contribution in [0.15, 0.2) is 30.3 Å². The van der Waals surface area contributed by atoms with Crippen molar-refractivity contribution in [1.82, 2.24) is 10.2 Å². The summed E-state index contributed by atoms with van der Waals surface area (Å²) in [5.74, 6) is -1.82. The fourth-order valence-electron chi connectivity index (χ4n) is 3.16. The molecule has 1 amide bonds. The molecule has 0 radical (unpaired) electrons. The molecule has 0 aliphatic carbocycles. The lowest BCUT2D eigenvalue weighted by atomic mass is 9.93. The van der Waals surface area contributed by atoms with E-state index in [0.717, 1.165) is 19.4 Å². The van der Waals surface area contributed by atoms with Crippen molar-refractivity contribution >= 4 is 18.3 Å². The minimum Gasteiger partial charge on any atom is -0.342 e. The molecule has 0 saturated carbocycles. The number of piperidine rings is 1. The van der Waals surface area contributed by atoms with Crippen LogP contribution in [0.2, 0.25) is 0 Å². The molecule has 2 rings (SSSR count). The van der Waals surface area contributed by atoms with Crippen LogP contribution >= 0.6 is 12.4 Å². The molecule has 0 aromatic heterocycles. The Morgan fingerprint density at radius 1 is 1.33 bits per heavy atom. The number of carbonyl (C=O) groups excluding carboxylic acids is 1. The quantitative estimate of drug-likeness (QED) is 0.865. The van der Waals surface area contributed by atoms with Crippen LogP contribution in [0, 0.1) is 5.92 Å². The molecule has 1 aliphatic heterocycles. The Morgan fingerprint density at radius 3 is 2.58 bits per heavy atom. The summed E-state index contributed by atoms with van der Waals surface area (Å²) in [6.45, 7) is 1.88. The summed E-state index contributed by atoms with van der Waals surface area (Å²) in [6, 6.07) is 7.69. The van der Waals surface area contributed by atoms with Gasteiger partial charge in [-0.3, -0.25) is 4.79 Å². The van der Waals surface area contributed by atoms with Crippen LogP contribution in [-0.4, -0.2) is 43.7 Å². The third-order valence-corrected chi connectivity index (χ3v) is 4.34. The van der Waals surface area contributed by atoms with E-state index in [0.29, 0.717) is 19.0 Å². The predicted octanol–water partition coefficient (Wildman–Crippen LogP) is 3.60. The number of nitrogens with zero attached hydrogens (tertiary/aromatic N) is 1. The molecule has 0 bridgehead atoms. The topological polar surface area (TPSA) is 32.3 Å². The van der Waals surface area contributed by atoms with Crippen molar-refractivity contribution in [2.75, 3.05) is 26.7 Å². The highest BCUT2D eigenvalue weighted by Crippen LogP contribution is 2.38. The van der Waals surface area contributed by atoms with Crippen molar-refractivity contribution in [2.45, 2.75) is 31.4 Å². The molecule has 136 valence electrons. The van der Waals surface area contributed by atoms with Crippen LogP contribution in [0.25, 0.3) is 0 Å². The van der Waals surface area contributed by atoms with Gasteiger partial charge >= 0.3 is 6.18 Å². The fraction of sp³-hybridized carbons (Fsp3) is 0.588. The summed E-state index contributed by atoms with van der Waals surface area (Å²) in [4.78, 5) is 14.0. The summed E-state index contributed by atoms with van der Waals surface area (Å²) < 4.78 is 40.1. The number of hydrogen-bond acceptors (Lipinski definition) is 2. The summed E-state index contributed by atoms with van der Waals surface area (Å²) in [5.41, 5.74) is 0.150. The number of benzene rings is 1. The number of amides is 1. The number of halogens is 4. The van der Waals surface area contributed by atoms with Crippen molar-refractivity contribution in [3.63, 3.8) is 0 Å². The van der Waals surface area contributed by atoms with E-state index in [2.05, 4.69) is 5.32 Å². The minimum absolute atomic E-state index is 0. The fourth-order valence-corrected chi connectivity index (χ4v) is 3.16. The number of likely N-dealkylation sites (tertiary alicyclic amines) is 1. The molecular formula is C17H24ClF3N2O. The summed E-state index contributed by atoms with van der Waals surface area (Å²) in [6.07, 6.45) is -3.08. The van der Waals surface area contributed by atoms with Crippen molar-refractivity contribution < 1.29 is 18.0 Å². The molecule has 7 heteroatoms. The standard InChI is InChI=1S/C17H23F3N2O.ClH/c1-21-11-13-6-5-9-22(12-13)16(23)10-15(17(18,19)20)14-7-3-2-4-8-14;/h2-4,7-8,13,15,21H,5-6,9-12H2,1H3;1H. The summed E-state index contributed by atoms with van der Waals surface area (Å²) in [5, 5.41) is 3.07. The van der Waals surface area contributed by atoms with Crippen LogP contribution in [0.1, 0.15) is 30.7 Å². The monoisotopic (exact) mass is 364 g/mol. The normalized spacial score (nSPS) is 19.5. The van der Waals surface area contributed by atoms with Crippen LogP contribution in [0.5, 0.6) is 0 Å². The lowest BCUT2D eigenvalue weighted by molar-refractivity contribution is -0.161. The maximum Gasteiger partial charge on any atom is 0.396 e. The van der Waals surface area contributed by atoms with Gasteiger partial charge in [0.2, 0.25) is 5.91 Å². The highest BCUT2D eigenvalue weighted by atomic mass is 35.5. The van der Waals surface area contributed by atoms with Crippen LogP contribution < -0.4 is 5.32 Å². The van der Waals surface area contributed by atoms with E-state index in [9.17, 15) is 18.0 Å². The second kappa shape index (κ2) is 9.28. The Kier molecular flexibility index (Phi) is 8.03. The molecule has 24 heavy (non-hydrogen) atoms. The van der Waals surface area contributed by atoms with Crippen molar-refractivity contribution in [3.8, 4) is 0 Å². The van der Waals surface area contributed by atoms with Crippen molar-refractivity contribution in [2.24, 2.45) is 5.92 Å². The minimum atomic E-state index is -4.42. The molecule has 1 fully saturated rings. The van der Waals surface area contributed by atoms with Gasteiger partial charge in [0, 0.05) is 19.5 Å². The third-order valence-electron chi connectivity index (χ3n) is 4.34. The van der Waals surface area contributed by atoms with E-state index < -0.39 is 24.4 Å². The van der Waals surface area contributed by atoms with Crippen LogP contribution in [0.3, 0.4) is 0 Å². The lowest BCUT2D eigenvalue weighted by Gasteiger charge is -2.34. The van der Waals surface area contributed by atoms with E-state index in [1.165, 1.54) is 12.1 Å². The van der Waals surface area contributed by atoms with Crippen molar-refractivity contribution in [1.29, 1.82) is 0 Å². The molecule has 0 spiro atoms. The first-order chi connectivity index (χ1) is 10.9. The molecule has 1 saturated heterocycles. The zero-order chi connectivity index (χ0) is 16.9. The first-order valence-electron chi connectivity index (χ1n) is 7.96. The Hall–Kier alpha value is -1.27. The lowest BCUT2D eigenvalue weighted by Crippen LogP contribution is -2.43. The smallest absolute Gasteiger partial charge is 0.342 e. The van der Waals surface area contributed by atoms with E-state index in [4.69, 9.17) is 0 Å². The molecule has 1 N–H and O–H groups in total. The zero-order valence-corrected chi connectivity index (χ0v) is 14.5. The Labute approximate surface area is 147 Å². The van der Waals surface area contributed by atoms with Crippen molar-refractivity contribution in [3.05, 3.63) is 35.9 Å². The van der Waals surface area contributed by atoms with E-state index in [-0.39, 0.29) is 18.0 Å². The van der Waals surface area contributed by atoms with Gasteiger partial charge in [0.25, 0.3) is 0 Å². The summed E-state index contributed by atoms with van der Waals surface area (Å²) >= 11 is 0. The molecule has 1 aromatic rings. The molecule has 2 unspecified atom stereocenters. The Bertz CT molecular complexity index is 508. The molecular weight excluding hydrogens is 341 g/mol. The van der Waals surface area contributed by atoms with Gasteiger partial charge in [-0.2, -0.15) is 13.2 Å². The number of nitrogens with one attached hydrogen (secondary N) is 1. The van der Waals surface area contributed by atoms with Gasteiger partial charge in [0.1, 0.15) is 0 Å². The number of hydrogen-bond donors (Lipinski definition) is 1. The average Bonchev–Trinajstić information content (AvgIpc) is 2.52. The van der Waals surface area contributed by atoms with Gasteiger partial charge < -0.3 is 10.2 Å². The molecule has 1 aromatic carbocycles. The highest BCUT2D eigenvalue weighted by Gasteiger charge is 2.42. The molecule has 2 atom stereocenters. The maximum absolute atomic E-state index is 13.4. The maximum atomic E-state index is 13.4. The average molecular weight is 365 g/mol.